The quantitative estimate of drug-likeness (QED) is 0.420. The first-order chi connectivity index (χ1) is 7.65. The molecule has 0 aliphatic rings. The van der Waals surface area contributed by atoms with E-state index in [9.17, 15) is 4.79 Å². The van der Waals surface area contributed by atoms with Crippen molar-refractivity contribution in [3.63, 3.8) is 0 Å². The molecule has 0 spiro atoms. The van der Waals surface area contributed by atoms with E-state index < -0.39 is 6.10 Å². The highest BCUT2D eigenvalue weighted by Gasteiger charge is 2.17. The zero-order chi connectivity index (χ0) is 12.0. The number of carbonyl (C=O) groups excluding carboxylic acids is 1. The summed E-state index contributed by atoms with van der Waals surface area (Å²) in [6, 6.07) is 3.46. The van der Waals surface area contributed by atoms with Crippen molar-refractivity contribution in [1.82, 2.24) is 0 Å². The predicted octanol–water partition coefficient (Wildman–Crippen LogP) is 3.96. The number of hydrogen-bond donors (Lipinski definition) is 0. The zero-order valence-electron chi connectivity index (χ0n) is 9.24. The largest absolute Gasteiger partial charge is 0.370 e. The first-order valence-corrected chi connectivity index (χ1v) is 6.36. The maximum absolute atomic E-state index is 11.8. The molecule has 0 bridgehead atoms. The third-order valence-electron chi connectivity index (χ3n) is 2.11. The summed E-state index contributed by atoms with van der Waals surface area (Å²) >= 11 is 7.06. The van der Waals surface area contributed by atoms with Gasteiger partial charge < -0.3 is 4.74 Å². The van der Waals surface area contributed by atoms with Crippen molar-refractivity contribution in [2.24, 2.45) is 0 Å². The number of ketones is 1. The lowest BCUT2D eigenvalue weighted by atomic mass is 10.2. The minimum atomic E-state index is -0.403. The van der Waals surface area contributed by atoms with Gasteiger partial charge in [-0.15, -0.1) is 17.9 Å². The van der Waals surface area contributed by atoms with Crippen molar-refractivity contribution in [3.05, 3.63) is 34.0 Å². The van der Waals surface area contributed by atoms with Crippen LogP contribution in [0.15, 0.2) is 24.8 Å². The minimum absolute atomic E-state index is 0.00416. The lowest BCUT2D eigenvalue weighted by Crippen LogP contribution is -2.20. The second-order valence-electron chi connectivity index (χ2n) is 3.41. The molecule has 0 amide bonds. The van der Waals surface area contributed by atoms with E-state index in [1.54, 1.807) is 19.1 Å². The molecule has 1 heterocycles. The molecule has 0 saturated carbocycles. The van der Waals surface area contributed by atoms with Crippen LogP contribution in [0.5, 0.6) is 0 Å². The molecule has 1 aromatic heterocycles. The smallest absolute Gasteiger partial charge is 0.201 e. The van der Waals surface area contributed by atoms with Crippen molar-refractivity contribution in [3.8, 4) is 0 Å². The van der Waals surface area contributed by atoms with Crippen LogP contribution in [0.3, 0.4) is 0 Å². The van der Waals surface area contributed by atoms with Gasteiger partial charge in [0.2, 0.25) is 5.78 Å². The number of halogens is 1. The Morgan fingerprint density at radius 1 is 1.69 bits per heavy atom. The lowest BCUT2D eigenvalue weighted by Gasteiger charge is -2.10. The average Bonchev–Trinajstić information content (AvgIpc) is 2.70. The molecule has 4 heteroatoms. The van der Waals surface area contributed by atoms with Gasteiger partial charge in [0.05, 0.1) is 9.21 Å². The summed E-state index contributed by atoms with van der Waals surface area (Å²) in [6.07, 6.45) is 3.24. The van der Waals surface area contributed by atoms with Gasteiger partial charge in [0.1, 0.15) is 6.10 Å². The summed E-state index contributed by atoms with van der Waals surface area (Å²) < 4.78 is 6.06. The molecule has 0 saturated heterocycles. The zero-order valence-corrected chi connectivity index (χ0v) is 10.8. The highest BCUT2D eigenvalue weighted by Crippen LogP contribution is 2.23. The van der Waals surface area contributed by atoms with E-state index in [2.05, 4.69) is 6.58 Å². The summed E-state index contributed by atoms with van der Waals surface area (Å²) in [5.74, 6) is -0.00416. The van der Waals surface area contributed by atoms with E-state index in [1.807, 2.05) is 6.08 Å². The molecule has 2 nitrogen and oxygen atoms in total. The van der Waals surface area contributed by atoms with Crippen LogP contribution in [0, 0.1) is 0 Å². The topological polar surface area (TPSA) is 26.3 Å². The second-order valence-corrected chi connectivity index (χ2v) is 5.13. The van der Waals surface area contributed by atoms with Gasteiger partial charge in [-0.3, -0.25) is 4.79 Å². The summed E-state index contributed by atoms with van der Waals surface area (Å²) in [7, 11) is 0. The standard InChI is InChI=1S/C12H15ClO2S/c1-3-4-5-8-15-9(2)12(14)10-6-7-11(13)16-10/h3,6-7,9H,1,4-5,8H2,2H3. The molecular formula is C12H15ClO2S. The second kappa shape index (κ2) is 6.84. The Labute approximate surface area is 105 Å². The molecule has 0 radical (unpaired) electrons. The van der Waals surface area contributed by atoms with E-state index in [0.29, 0.717) is 15.8 Å². The Bertz CT molecular complexity index is 360. The molecule has 88 valence electrons. The highest BCUT2D eigenvalue weighted by atomic mass is 35.5. The average molecular weight is 259 g/mol. The Balaban J connectivity index is 2.39. The van der Waals surface area contributed by atoms with E-state index in [1.165, 1.54) is 11.3 Å². The van der Waals surface area contributed by atoms with Crippen molar-refractivity contribution in [2.45, 2.75) is 25.9 Å². The number of Topliss-reactive ketones (excluding diaryl/α,β-unsaturated/α-hetero) is 1. The molecule has 0 N–H and O–H groups in total. The molecule has 0 aromatic carbocycles. The predicted molar refractivity (Wildman–Crippen MR) is 68.5 cm³/mol. The van der Waals surface area contributed by atoms with Crippen molar-refractivity contribution >= 4 is 28.7 Å². The Morgan fingerprint density at radius 3 is 3.00 bits per heavy atom. The van der Waals surface area contributed by atoms with E-state index >= 15 is 0 Å². The van der Waals surface area contributed by atoms with Gasteiger partial charge >= 0.3 is 0 Å². The van der Waals surface area contributed by atoms with Crippen LogP contribution in [0.2, 0.25) is 4.34 Å². The third-order valence-corrected chi connectivity index (χ3v) is 3.35. The Hall–Kier alpha value is -0.640. The monoisotopic (exact) mass is 258 g/mol. The van der Waals surface area contributed by atoms with Gasteiger partial charge in [-0.25, -0.2) is 0 Å². The van der Waals surface area contributed by atoms with Gasteiger partial charge in [-0.2, -0.15) is 0 Å². The molecule has 1 unspecified atom stereocenters. The number of thiophene rings is 1. The number of hydrogen-bond acceptors (Lipinski definition) is 3. The maximum atomic E-state index is 11.8. The fourth-order valence-electron chi connectivity index (χ4n) is 1.21. The van der Waals surface area contributed by atoms with Crippen LogP contribution >= 0.6 is 22.9 Å². The van der Waals surface area contributed by atoms with Crippen LogP contribution in [0.1, 0.15) is 29.4 Å². The number of ether oxygens (including phenoxy) is 1. The number of carbonyl (C=O) groups is 1. The van der Waals surface area contributed by atoms with Gasteiger partial charge in [0, 0.05) is 6.61 Å². The van der Waals surface area contributed by atoms with Crippen LogP contribution in [-0.2, 0) is 4.74 Å². The van der Waals surface area contributed by atoms with Crippen molar-refractivity contribution in [1.29, 1.82) is 0 Å². The molecule has 1 aromatic rings. The van der Waals surface area contributed by atoms with Crippen molar-refractivity contribution < 1.29 is 9.53 Å². The fourth-order valence-corrected chi connectivity index (χ4v) is 2.27. The van der Waals surface area contributed by atoms with Crippen LogP contribution in [0.4, 0.5) is 0 Å². The van der Waals surface area contributed by atoms with Gasteiger partial charge in [-0.1, -0.05) is 17.7 Å². The number of allylic oxidation sites excluding steroid dienone is 1. The fraction of sp³-hybridized carbons (Fsp3) is 0.417. The minimum Gasteiger partial charge on any atom is -0.370 e. The molecule has 0 aliphatic carbocycles. The van der Waals surface area contributed by atoms with Crippen molar-refractivity contribution in [2.75, 3.05) is 6.61 Å². The van der Waals surface area contributed by atoms with E-state index in [-0.39, 0.29) is 5.78 Å². The van der Waals surface area contributed by atoms with E-state index in [0.717, 1.165) is 12.8 Å². The number of unbranched alkanes of at least 4 members (excludes halogenated alkanes) is 1. The molecule has 16 heavy (non-hydrogen) atoms. The normalized spacial score (nSPS) is 12.4. The summed E-state index contributed by atoms with van der Waals surface area (Å²) in [4.78, 5) is 12.5. The SMILES string of the molecule is C=CCCCOC(C)C(=O)c1ccc(Cl)s1. The lowest BCUT2D eigenvalue weighted by molar-refractivity contribution is 0.0475. The van der Waals surface area contributed by atoms with Gasteiger partial charge in [0.15, 0.2) is 0 Å². The third kappa shape index (κ3) is 4.08. The molecule has 0 aliphatic heterocycles. The summed E-state index contributed by atoms with van der Waals surface area (Å²) in [5.41, 5.74) is 0. The summed E-state index contributed by atoms with van der Waals surface area (Å²) in [6.45, 7) is 5.98. The number of rotatable bonds is 7. The molecule has 1 rings (SSSR count). The van der Waals surface area contributed by atoms with E-state index in [4.69, 9.17) is 16.3 Å². The first-order valence-electron chi connectivity index (χ1n) is 5.17. The van der Waals surface area contributed by atoms with Crippen LogP contribution < -0.4 is 0 Å². The summed E-state index contributed by atoms with van der Waals surface area (Å²) in [5, 5.41) is 0. The molecule has 1 atom stereocenters. The van der Waals surface area contributed by atoms with Gasteiger partial charge in [0.25, 0.3) is 0 Å². The Morgan fingerprint density at radius 2 is 2.44 bits per heavy atom. The first kappa shape index (κ1) is 13.4. The molecule has 0 fully saturated rings. The Kier molecular flexibility index (Phi) is 5.74. The highest BCUT2D eigenvalue weighted by molar-refractivity contribution is 7.18. The van der Waals surface area contributed by atoms with Crippen LogP contribution in [-0.4, -0.2) is 18.5 Å². The maximum Gasteiger partial charge on any atom is 0.201 e. The molecular weight excluding hydrogens is 244 g/mol. The van der Waals surface area contributed by atoms with Gasteiger partial charge in [-0.05, 0) is 31.9 Å². The van der Waals surface area contributed by atoms with Crippen LogP contribution in [0.25, 0.3) is 0 Å².